The average molecular weight is 336 g/mol. The number of nitriles is 1. The van der Waals surface area contributed by atoms with E-state index in [4.69, 9.17) is 22.6 Å². The number of carbonyl (C=O) groups is 1. The quantitative estimate of drug-likeness (QED) is 0.541. The molecule has 0 heterocycles. The van der Waals surface area contributed by atoms with E-state index in [-0.39, 0.29) is 18.0 Å². The molecule has 0 aliphatic rings. The Morgan fingerprint density at radius 1 is 1.48 bits per heavy atom. The van der Waals surface area contributed by atoms with E-state index in [1.807, 2.05) is 6.92 Å². The van der Waals surface area contributed by atoms with Gasteiger partial charge in [-0.1, -0.05) is 18.2 Å². The Labute approximate surface area is 141 Å². The van der Waals surface area contributed by atoms with Crippen LogP contribution in [0.25, 0.3) is 0 Å². The zero-order valence-electron chi connectivity index (χ0n) is 13.3. The maximum atomic E-state index is 12.1. The van der Waals surface area contributed by atoms with Crippen molar-refractivity contribution in [2.75, 3.05) is 18.8 Å². The number of carbonyl (C=O) groups excluding carboxylic acids is 1. The first-order valence-corrected chi connectivity index (χ1v) is 7.61. The van der Waals surface area contributed by atoms with Crippen molar-refractivity contribution in [2.45, 2.75) is 25.9 Å². The minimum Gasteiger partial charge on any atom is -0.398 e. The Morgan fingerprint density at radius 3 is 2.83 bits per heavy atom. The Hall–Kier alpha value is -2.23. The third-order valence-corrected chi connectivity index (χ3v) is 3.34. The van der Waals surface area contributed by atoms with Crippen molar-refractivity contribution in [1.29, 1.82) is 5.26 Å². The van der Waals surface area contributed by atoms with Gasteiger partial charge >= 0.3 is 0 Å². The van der Waals surface area contributed by atoms with E-state index >= 15 is 0 Å². The van der Waals surface area contributed by atoms with E-state index < -0.39 is 0 Å². The van der Waals surface area contributed by atoms with Crippen LogP contribution in [0.1, 0.15) is 24.2 Å². The monoisotopic (exact) mass is 335 g/mol. The summed E-state index contributed by atoms with van der Waals surface area (Å²) in [7, 11) is 0. The molecule has 124 valence electrons. The van der Waals surface area contributed by atoms with Crippen molar-refractivity contribution < 1.29 is 4.79 Å². The third-order valence-electron chi connectivity index (χ3n) is 3.11. The highest BCUT2D eigenvalue weighted by atomic mass is 35.5. The molecule has 23 heavy (non-hydrogen) atoms. The lowest BCUT2D eigenvalue weighted by atomic mass is 10.1. The Bertz CT molecular complexity index is 611. The topological polar surface area (TPSA) is 103 Å². The molecule has 0 radical (unpaired) electrons. The number of hydrogen-bond acceptors (Lipinski definition) is 5. The summed E-state index contributed by atoms with van der Waals surface area (Å²) >= 11 is 5.87. The zero-order chi connectivity index (χ0) is 17.4. The molecule has 0 fully saturated rings. The molecule has 7 heteroatoms. The van der Waals surface area contributed by atoms with Crippen molar-refractivity contribution in [2.24, 2.45) is 0 Å². The molecule has 0 aliphatic carbocycles. The fourth-order valence-electron chi connectivity index (χ4n) is 1.83. The van der Waals surface area contributed by atoms with Crippen LogP contribution in [0.4, 0.5) is 5.69 Å². The molecule has 0 bridgehead atoms. The summed E-state index contributed by atoms with van der Waals surface area (Å²) < 4.78 is 0. The molecule has 1 rings (SSSR count). The minimum absolute atomic E-state index is 0.0234. The van der Waals surface area contributed by atoms with Gasteiger partial charge in [0.1, 0.15) is 6.04 Å². The van der Waals surface area contributed by atoms with Gasteiger partial charge in [-0.25, -0.2) is 0 Å². The number of nitrogens with two attached hydrogens (primary N) is 1. The predicted octanol–water partition coefficient (Wildman–Crippen LogP) is 1.65. The van der Waals surface area contributed by atoms with Gasteiger partial charge in [-0.15, -0.1) is 0 Å². The first-order chi connectivity index (χ1) is 10.8. The Morgan fingerprint density at radius 2 is 2.17 bits per heavy atom. The van der Waals surface area contributed by atoms with Gasteiger partial charge in [0.2, 0.25) is 0 Å². The van der Waals surface area contributed by atoms with Crippen molar-refractivity contribution in [3.63, 3.8) is 0 Å². The van der Waals surface area contributed by atoms with Crippen LogP contribution >= 0.6 is 11.6 Å². The molecule has 1 unspecified atom stereocenters. The highest BCUT2D eigenvalue weighted by Gasteiger charge is 2.11. The van der Waals surface area contributed by atoms with Crippen LogP contribution in [0.5, 0.6) is 0 Å². The van der Waals surface area contributed by atoms with Crippen LogP contribution in [0.3, 0.4) is 0 Å². The number of benzene rings is 1. The molecule has 2 atom stereocenters. The highest BCUT2D eigenvalue weighted by Crippen LogP contribution is 2.17. The summed E-state index contributed by atoms with van der Waals surface area (Å²) in [6.07, 6.45) is 0. The van der Waals surface area contributed by atoms with E-state index in [1.54, 1.807) is 25.1 Å². The number of nitrogens with one attached hydrogen (secondary N) is 3. The second-order valence-corrected chi connectivity index (χ2v) is 5.76. The number of hydrogen-bond donors (Lipinski definition) is 4. The van der Waals surface area contributed by atoms with E-state index in [0.29, 0.717) is 29.4 Å². The van der Waals surface area contributed by atoms with Gasteiger partial charge in [-0.2, -0.15) is 5.26 Å². The van der Waals surface area contributed by atoms with E-state index in [9.17, 15) is 4.79 Å². The second kappa shape index (κ2) is 9.03. The van der Waals surface area contributed by atoms with Gasteiger partial charge in [0, 0.05) is 35.5 Å². The van der Waals surface area contributed by atoms with Gasteiger partial charge < -0.3 is 21.7 Å². The SMILES string of the molecule is C=C(CN[C@H](C)CNC(=O)c1cc(Cl)ccc1N)NC(C)C#N. The lowest BCUT2D eigenvalue weighted by Crippen LogP contribution is -2.41. The summed E-state index contributed by atoms with van der Waals surface area (Å²) in [5, 5.41) is 18.1. The molecular weight excluding hydrogens is 314 g/mol. The predicted molar refractivity (Wildman–Crippen MR) is 93.0 cm³/mol. The molecule has 1 aromatic rings. The fraction of sp³-hybridized carbons (Fsp3) is 0.375. The molecule has 5 N–H and O–H groups in total. The molecule has 0 spiro atoms. The van der Waals surface area contributed by atoms with Gasteiger partial charge in [-0.05, 0) is 32.0 Å². The molecule has 0 saturated carbocycles. The zero-order valence-corrected chi connectivity index (χ0v) is 14.1. The molecule has 1 amide bonds. The number of nitrogens with zero attached hydrogens (tertiary/aromatic N) is 1. The van der Waals surface area contributed by atoms with Crippen molar-refractivity contribution in [1.82, 2.24) is 16.0 Å². The van der Waals surface area contributed by atoms with Crippen LogP contribution in [-0.4, -0.2) is 31.1 Å². The van der Waals surface area contributed by atoms with Crippen LogP contribution in [0.15, 0.2) is 30.5 Å². The molecule has 6 nitrogen and oxygen atoms in total. The summed E-state index contributed by atoms with van der Waals surface area (Å²) in [4.78, 5) is 12.1. The maximum Gasteiger partial charge on any atom is 0.253 e. The number of amides is 1. The molecule has 1 aromatic carbocycles. The Kier molecular flexibility index (Phi) is 7.39. The third kappa shape index (κ3) is 6.59. The van der Waals surface area contributed by atoms with Crippen LogP contribution in [0.2, 0.25) is 5.02 Å². The molecular formula is C16H22ClN5O. The van der Waals surface area contributed by atoms with Gasteiger partial charge in [0.25, 0.3) is 5.91 Å². The number of nitrogen functional groups attached to an aromatic ring is 1. The maximum absolute atomic E-state index is 12.1. The fourth-order valence-corrected chi connectivity index (χ4v) is 2.00. The van der Waals surface area contributed by atoms with Crippen LogP contribution in [-0.2, 0) is 0 Å². The van der Waals surface area contributed by atoms with Crippen molar-refractivity contribution in [3.05, 3.63) is 41.1 Å². The normalized spacial score (nSPS) is 12.8. The lowest BCUT2D eigenvalue weighted by Gasteiger charge is -2.17. The standard InChI is InChI=1S/C16H22ClN5O/c1-10(7-18)22-12(3)9-20-11(2)8-21-16(23)14-6-13(17)4-5-15(14)19/h4-6,10-11,20,22H,3,8-9,19H2,1-2H3,(H,21,23)/t10?,11-/m1/s1. The molecule has 0 aliphatic heterocycles. The van der Waals surface area contributed by atoms with Crippen LogP contribution in [0, 0.1) is 11.3 Å². The van der Waals surface area contributed by atoms with Crippen LogP contribution < -0.4 is 21.7 Å². The molecule has 0 saturated heterocycles. The summed E-state index contributed by atoms with van der Waals surface area (Å²) in [6, 6.07) is 6.59. The first-order valence-electron chi connectivity index (χ1n) is 7.24. The second-order valence-electron chi connectivity index (χ2n) is 5.32. The summed E-state index contributed by atoms with van der Waals surface area (Å²) in [5.41, 5.74) is 7.24. The molecule has 0 aromatic heterocycles. The number of anilines is 1. The minimum atomic E-state index is -0.287. The average Bonchev–Trinajstić information content (AvgIpc) is 2.52. The number of halogens is 1. The highest BCUT2D eigenvalue weighted by molar-refractivity contribution is 6.31. The van der Waals surface area contributed by atoms with Crippen molar-refractivity contribution in [3.8, 4) is 6.07 Å². The smallest absolute Gasteiger partial charge is 0.253 e. The van der Waals surface area contributed by atoms with E-state index in [2.05, 4.69) is 28.6 Å². The number of rotatable bonds is 8. The first kappa shape index (κ1) is 18.8. The van der Waals surface area contributed by atoms with Gasteiger partial charge in [-0.3, -0.25) is 4.79 Å². The van der Waals surface area contributed by atoms with Gasteiger partial charge in [0.05, 0.1) is 11.6 Å². The van der Waals surface area contributed by atoms with Gasteiger partial charge in [0.15, 0.2) is 0 Å². The lowest BCUT2D eigenvalue weighted by molar-refractivity contribution is 0.0951. The van der Waals surface area contributed by atoms with Crippen molar-refractivity contribution >= 4 is 23.2 Å². The summed E-state index contributed by atoms with van der Waals surface area (Å²) in [6.45, 7) is 8.45. The van der Waals surface area contributed by atoms with E-state index in [0.717, 1.165) is 5.70 Å². The van der Waals surface area contributed by atoms with E-state index in [1.165, 1.54) is 0 Å². The summed E-state index contributed by atoms with van der Waals surface area (Å²) in [5.74, 6) is -0.270. The largest absolute Gasteiger partial charge is 0.398 e. The Balaban J connectivity index is 2.40.